The molecule has 3 aromatic carbocycles. The maximum absolute atomic E-state index is 6.72. The number of benzene rings is 3. The van der Waals surface area contributed by atoms with Gasteiger partial charge >= 0.3 is 21.1 Å². The van der Waals surface area contributed by atoms with E-state index in [1.165, 1.54) is 34.4 Å². The van der Waals surface area contributed by atoms with Crippen molar-refractivity contribution in [3.63, 3.8) is 0 Å². The van der Waals surface area contributed by atoms with Gasteiger partial charge in [-0.15, -0.1) is 41.3 Å². The van der Waals surface area contributed by atoms with Gasteiger partial charge in [-0.2, -0.15) is 11.2 Å². The van der Waals surface area contributed by atoms with Gasteiger partial charge in [-0.1, -0.05) is 97.7 Å². The molecule has 6 aromatic rings. The molecule has 0 N–H and O–H groups in total. The SMILES string of the molecule is CC1=C[C@H](C)C[C@H](C)C1c1c(C)nn(-c2[c-]c(Oc3[c-]c4c(cc3)c3ccccc3n4-c3cc(C(C)C)ccn3)cc(C(C)C)c2)c1C(C)(C)C.[Pt+2]. The fourth-order valence-corrected chi connectivity index (χ4v) is 8.37. The van der Waals surface area contributed by atoms with Crippen molar-refractivity contribution >= 4 is 21.8 Å². The monoisotopic (exact) mass is 871 g/mol. The third-order valence-electron chi connectivity index (χ3n) is 10.7. The minimum absolute atomic E-state index is 0. The second-order valence-electron chi connectivity index (χ2n) is 16.5. The van der Waals surface area contributed by atoms with Crippen LogP contribution in [-0.2, 0) is 26.5 Å². The molecule has 5 nitrogen and oxygen atoms in total. The smallest absolute Gasteiger partial charge is 0.509 e. The van der Waals surface area contributed by atoms with Crippen LogP contribution in [0.4, 0.5) is 0 Å². The number of nitrogens with zero attached hydrogens (tertiary/aromatic N) is 4. The Morgan fingerprint density at radius 2 is 1.58 bits per heavy atom. The van der Waals surface area contributed by atoms with Gasteiger partial charge in [-0.25, -0.2) is 4.98 Å². The molecular formula is C46H52N4OPt. The molecule has 0 fully saturated rings. The Balaban J connectivity index is 0.00000464. The van der Waals surface area contributed by atoms with Gasteiger partial charge in [0.15, 0.2) is 0 Å². The summed E-state index contributed by atoms with van der Waals surface area (Å²) in [7, 11) is 0. The summed E-state index contributed by atoms with van der Waals surface area (Å²) in [5.41, 5.74) is 10.4. The molecule has 0 bridgehead atoms. The molecule has 0 saturated carbocycles. The number of ether oxygens (including phenoxy) is 1. The number of para-hydroxylation sites is 1. The van der Waals surface area contributed by atoms with E-state index in [0.29, 0.717) is 35.2 Å². The van der Waals surface area contributed by atoms with E-state index < -0.39 is 0 Å². The molecule has 0 aliphatic heterocycles. The predicted octanol–water partition coefficient (Wildman–Crippen LogP) is 12.3. The van der Waals surface area contributed by atoms with Crippen LogP contribution in [0.1, 0.15) is 121 Å². The van der Waals surface area contributed by atoms with E-state index in [2.05, 4.69) is 158 Å². The number of pyridine rings is 1. The minimum atomic E-state index is -0.143. The number of aromatic nitrogens is 4. The maximum atomic E-state index is 6.72. The fraction of sp³-hybridized carbons (Fsp3) is 0.391. The first-order valence-corrected chi connectivity index (χ1v) is 18.7. The molecular weight excluding hydrogens is 820 g/mol. The van der Waals surface area contributed by atoms with Crippen LogP contribution >= 0.6 is 0 Å². The Kier molecular flexibility index (Phi) is 10.5. The molecule has 6 heteroatoms. The molecule has 52 heavy (non-hydrogen) atoms. The Hall–Kier alpha value is -3.95. The van der Waals surface area contributed by atoms with Gasteiger partial charge in [0.1, 0.15) is 5.82 Å². The number of rotatable bonds is 7. The summed E-state index contributed by atoms with van der Waals surface area (Å²) in [6, 6.07) is 28.6. The Morgan fingerprint density at radius 3 is 2.27 bits per heavy atom. The van der Waals surface area contributed by atoms with Crippen molar-refractivity contribution in [2.45, 2.75) is 106 Å². The van der Waals surface area contributed by atoms with Gasteiger partial charge in [-0.05, 0) is 78.8 Å². The summed E-state index contributed by atoms with van der Waals surface area (Å²) in [4.78, 5) is 4.82. The second kappa shape index (κ2) is 14.5. The van der Waals surface area contributed by atoms with Crippen molar-refractivity contribution in [1.29, 1.82) is 0 Å². The van der Waals surface area contributed by atoms with Crippen molar-refractivity contribution in [3.05, 3.63) is 119 Å². The minimum Gasteiger partial charge on any atom is -0.509 e. The zero-order chi connectivity index (χ0) is 36.4. The first-order valence-electron chi connectivity index (χ1n) is 18.7. The summed E-state index contributed by atoms with van der Waals surface area (Å²) >= 11 is 0. The first-order chi connectivity index (χ1) is 24.2. The molecule has 3 heterocycles. The van der Waals surface area contributed by atoms with Crippen molar-refractivity contribution in [1.82, 2.24) is 19.3 Å². The largest absolute Gasteiger partial charge is 2.00 e. The Bertz CT molecular complexity index is 2280. The van der Waals surface area contributed by atoms with E-state index in [1.54, 1.807) is 0 Å². The van der Waals surface area contributed by atoms with Crippen LogP contribution in [0.2, 0.25) is 0 Å². The standard InChI is InChI=1S/C46H52N4O.Pt/c1-27(2)33-18-19-47-42(24-33)49-40-15-13-12-14-38(40)39-17-16-36(26-41(39)49)51-37-23-34(28(3)4)22-35(25-37)50-45(46(9,10)11)44(32(8)48-50)43-30(6)20-29(5)21-31(43)7;/h12-20,22-24,27-29,31,43H,21H2,1-11H3;/q-2;+2/t29-,31-,43?;/m0./s1. The number of allylic oxidation sites excluding steroid dienone is 2. The second-order valence-corrected chi connectivity index (χ2v) is 16.5. The van der Waals surface area contributed by atoms with E-state index in [4.69, 9.17) is 14.8 Å². The third kappa shape index (κ3) is 6.94. The summed E-state index contributed by atoms with van der Waals surface area (Å²) in [6.07, 6.45) is 5.55. The molecule has 3 aromatic heterocycles. The quantitative estimate of drug-likeness (QED) is 0.119. The topological polar surface area (TPSA) is 44.9 Å². The fourth-order valence-electron chi connectivity index (χ4n) is 8.37. The average Bonchev–Trinajstić information content (AvgIpc) is 3.59. The van der Waals surface area contributed by atoms with Crippen molar-refractivity contribution < 1.29 is 25.8 Å². The number of fused-ring (bicyclic) bond motifs is 3. The van der Waals surface area contributed by atoms with Gasteiger partial charge < -0.3 is 9.30 Å². The predicted molar refractivity (Wildman–Crippen MR) is 211 cm³/mol. The summed E-state index contributed by atoms with van der Waals surface area (Å²) < 4.78 is 11.1. The molecule has 7 rings (SSSR count). The molecule has 0 saturated heterocycles. The summed E-state index contributed by atoms with van der Waals surface area (Å²) in [6.45, 7) is 25.0. The zero-order valence-corrected chi connectivity index (χ0v) is 34.8. The van der Waals surface area contributed by atoms with Gasteiger partial charge in [0, 0.05) is 40.1 Å². The number of aryl methyl sites for hydroxylation is 1. The van der Waals surface area contributed by atoms with E-state index >= 15 is 0 Å². The molecule has 3 atom stereocenters. The number of hydrogen-bond donors (Lipinski definition) is 0. The molecule has 272 valence electrons. The molecule has 1 unspecified atom stereocenters. The molecule has 1 aliphatic carbocycles. The van der Waals surface area contributed by atoms with E-state index in [1.807, 2.05) is 12.3 Å². The summed E-state index contributed by atoms with van der Waals surface area (Å²) in [5.74, 6) is 4.32. The van der Waals surface area contributed by atoms with Crippen LogP contribution in [0, 0.1) is 30.9 Å². The Morgan fingerprint density at radius 1 is 0.846 bits per heavy atom. The van der Waals surface area contributed by atoms with Crippen molar-refractivity contribution in [3.8, 4) is 23.0 Å². The van der Waals surface area contributed by atoms with Crippen LogP contribution < -0.4 is 4.74 Å². The molecule has 0 radical (unpaired) electrons. The van der Waals surface area contributed by atoms with Gasteiger partial charge in [0.2, 0.25) is 0 Å². The van der Waals surface area contributed by atoms with Crippen molar-refractivity contribution in [2.75, 3.05) is 0 Å². The van der Waals surface area contributed by atoms with E-state index in [9.17, 15) is 0 Å². The van der Waals surface area contributed by atoms with Crippen LogP contribution in [-0.4, -0.2) is 19.3 Å². The summed E-state index contributed by atoms with van der Waals surface area (Å²) in [5, 5.41) is 7.55. The molecule has 1 aliphatic rings. The van der Waals surface area contributed by atoms with E-state index in [0.717, 1.165) is 39.0 Å². The Labute approximate surface area is 324 Å². The van der Waals surface area contributed by atoms with Crippen molar-refractivity contribution in [2.24, 2.45) is 11.8 Å². The van der Waals surface area contributed by atoms with Gasteiger partial charge in [0.25, 0.3) is 0 Å². The first kappa shape index (κ1) is 37.8. The third-order valence-corrected chi connectivity index (χ3v) is 10.7. The van der Waals surface area contributed by atoms with Crippen LogP contribution in [0.25, 0.3) is 33.3 Å². The number of hydrogen-bond acceptors (Lipinski definition) is 3. The van der Waals surface area contributed by atoms with Gasteiger partial charge in [-0.3, -0.25) is 4.68 Å². The van der Waals surface area contributed by atoms with Gasteiger partial charge in [0.05, 0.1) is 11.4 Å². The molecule has 0 spiro atoms. The van der Waals surface area contributed by atoms with E-state index in [-0.39, 0.29) is 32.4 Å². The zero-order valence-electron chi connectivity index (χ0n) is 32.5. The van der Waals surface area contributed by atoms with Crippen LogP contribution in [0.15, 0.2) is 78.5 Å². The molecule has 0 amide bonds. The normalized spacial score (nSPS) is 17.9. The van der Waals surface area contributed by atoms with Crippen LogP contribution in [0.5, 0.6) is 11.5 Å². The van der Waals surface area contributed by atoms with Crippen LogP contribution in [0.3, 0.4) is 0 Å². The average molecular weight is 872 g/mol. The maximum Gasteiger partial charge on any atom is 2.00 e.